The van der Waals surface area contributed by atoms with Crippen molar-refractivity contribution in [1.82, 2.24) is 0 Å². The molecule has 0 amide bonds. The Morgan fingerprint density at radius 2 is 1.80 bits per heavy atom. The monoisotopic (exact) mass is 267 g/mol. The number of anilines is 1. The molecule has 2 rings (SSSR count). The lowest BCUT2D eigenvalue weighted by Crippen LogP contribution is -2.53. The molecule has 1 nitrogen and oxygen atoms in total. The lowest BCUT2D eigenvalue weighted by Gasteiger charge is -2.48. The molecule has 1 aromatic rings. The largest absolute Gasteiger partial charge is 0.369 e. The van der Waals surface area contributed by atoms with Gasteiger partial charge in [0.15, 0.2) is 0 Å². The van der Waals surface area contributed by atoms with Gasteiger partial charge in [0.25, 0.3) is 0 Å². The van der Waals surface area contributed by atoms with Crippen molar-refractivity contribution in [3.8, 4) is 0 Å². The number of hydrogen-bond donors (Lipinski definition) is 0. The molecule has 1 aliphatic rings. The summed E-state index contributed by atoms with van der Waals surface area (Å²) >= 11 is 3.67. The minimum Gasteiger partial charge on any atom is -0.369 e. The van der Waals surface area contributed by atoms with Gasteiger partial charge in [-0.1, -0.05) is 19.9 Å². The Balaban J connectivity index is 2.30. The summed E-state index contributed by atoms with van der Waals surface area (Å²) < 4.78 is 1.23. The van der Waals surface area contributed by atoms with Crippen LogP contribution < -0.4 is 4.90 Å². The van der Waals surface area contributed by atoms with E-state index in [-0.39, 0.29) is 0 Å². The van der Waals surface area contributed by atoms with Crippen LogP contribution in [0.2, 0.25) is 0 Å². The zero-order valence-electron chi connectivity index (χ0n) is 9.89. The van der Waals surface area contributed by atoms with E-state index in [1.807, 2.05) is 0 Å². The normalized spacial score (nSPS) is 18.9. The third-order valence-electron chi connectivity index (χ3n) is 2.95. The van der Waals surface area contributed by atoms with E-state index in [0.717, 1.165) is 13.1 Å². The summed E-state index contributed by atoms with van der Waals surface area (Å²) in [6.45, 7) is 11.3. The molecule has 0 unspecified atom stereocenters. The molecule has 0 radical (unpaired) electrons. The lowest BCUT2D eigenvalue weighted by atomic mass is 9.83. The van der Waals surface area contributed by atoms with Gasteiger partial charge in [-0.15, -0.1) is 0 Å². The molecule has 0 aromatic heterocycles. The highest BCUT2D eigenvalue weighted by Gasteiger charge is 2.35. The Morgan fingerprint density at radius 3 is 2.27 bits per heavy atom. The summed E-state index contributed by atoms with van der Waals surface area (Å²) in [4.78, 5) is 2.46. The van der Waals surface area contributed by atoms with E-state index in [2.05, 4.69) is 60.7 Å². The van der Waals surface area contributed by atoms with Crippen molar-refractivity contribution in [1.29, 1.82) is 0 Å². The van der Waals surface area contributed by atoms with Crippen LogP contribution in [0.25, 0.3) is 0 Å². The number of hydrogen-bond acceptors (Lipinski definition) is 1. The van der Waals surface area contributed by atoms with Gasteiger partial charge in [-0.05, 0) is 52.4 Å². The van der Waals surface area contributed by atoms with E-state index in [1.54, 1.807) is 0 Å². The highest BCUT2D eigenvalue weighted by Crippen LogP contribution is 2.39. The lowest BCUT2D eigenvalue weighted by molar-refractivity contribution is 0.276. The number of aryl methyl sites for hydroxylation is 2. The average molecular weight is 268 g/mol. The number of halogens is 1. The van der Waals surface area contributed by atoms with Crippen LogP contribution in [0.3, 0.4) is 0 Å². The Morgan fingerprint density at radius 1 is 1.20 bits per heavy atom. The van der Waals surface area contributed by atoms with Crippen molar-refractivity contribution in [2.24, 2.45) is 5.41 Å². The third-order valence-corrected chi connectivity index (χ3v) is 3.56. The molecule has 0 saturated carbocycles. The topological polar surface area (TPSA) is 3.24 Å². The summed E-state index contributed by atoms with van der Waals surface area (Å²) in [5, 5.41) is 0. The van der Waals surface area contributed by atoms with Crippen LogP contribution in [-0.2, 0) is 0 Å². The fraction of sp³-hybridized carbons (Fsp3) is 0.538. The predicted octanol–water partition coefficient (Wildman–Crippen LogP) is 3.91. The third kappa shape index (κ3) is 2.05. The highest BCUT2D eigenvalue weighted by atomic mass is 79.9. The van der Waals surface area contributed by atoms with Gasteiger partial charge in [0.2, 0.25) is 0 Å². The van der Waals surface area contributed by atoms with Crippen molar-refractivity contribution >= 4 is 21.6 Å². The molecule has 1 aliphatic heterocycles. The minimum atomic E-state index is 0.483. The van der Waals surface area contributed by atoms with Crippen LogP contribution in [-0.4, -0.2) is 13.1 Å². The number of nitrogens with zero attached hydrogens (tertiary/aromatic N) is 1. The van der Waals surface area contributed by atoms with E-state index in [0.29, 0.717) is 5.41 Å². The fourth-order valence-electron chi connectivity index (χ4n) is 2.45. The van der Waals surface area contributed by atoms with Crippen LogP contribution in [0.1, 0.15) is 25.0 Å². The van der Waals surface area contributed by atoms with Crippen LogP contribution in [0, 0.1) is 19.3 Å². The average Bonchev–Trinajstić information content (AvgIpc) is 1.98. The minimum absolute atomic E-state index is 0.483. The molecule has 1 saturated heterocycles. The Labute approximate surface area is 101 Å². The summed E-state index contributed by atoms with van der Waals surface area (Å²) in [7, 11) is 0. The maximum Gasteiger partial charge on any atom is 0.0540 e. The maximum atomic E-state index is 3.67. The maximum absolute atomic E-state index is 3.67. The van der Waals surface area contributed by atoms with E-state index in [9.17, 15) is 0 Å². The van der Waals surface area contributed by atoms with Crippen molar-refractivity contribution in [2.45, 2.75) is 27.7 Å². The second kappa shape index (κ2) is 3.51. The summed E-state index contributed by atoms with van der Waals surface area (Å²) in [5.41, 5.74) is 4.55. The zero-order chi connectivity index (χ0) is 11.2. The van der Waals surface area contributed by atoms with Gasteiger partial charge in [0.05, 0.1) is 5.69 Å². The molecule has 1 aromatic carbocycles. The quantitative estimate of drug-likeness (QED) is 0.746. The molecule has 1 fully saturated rings. The van der Waals surface area contributed by atoms with Gasteiger partial charge < -0.3 is 4.90 Å². The molecule has 2 heteroatoms. The van der Waals surface area contributed by atoms with Gasteiger partial charge >= 0.3 is 0 Å². The predicted molar refractivity (Wildman–Crippen MR) is 69.6 cm³/mol. The van der Waals surface area contributed by atoms with Crippen molar-refractivity contribution < 1.29 is 0 Å². The van der Waals surface area contributed by atoms with E-state index in [1.165, 1.54) is 21.3 Å². The molecule has 82 valence electrons. The molecule has 1 heterocycles. The molecule has 0 atom stereocenters. The van der Waals surface area contributed by atoms with Crippen molar-refractivity contribution in [2.75, 3.05) is 18.0 Å². The van der Waals surface area contributed by atoms with Crippen LogP contribution in [0.5, 0.6) is 0 Å². The highest BCUT2D eigenvalue weighted by molar-refractivity contribution is 9.10. The first-order valence-corrected chi connectivity index (χ1v) is 6.20. The molecule has 0 N–H and O–H groups in total. The van der Waals surface area contributed by atoms with E-state index >= 15 is 0 Å². The zero-order valence-corrected chi connectivity index (χ0v) is 11.5. The summed E-state index contributed by atoms with van der Waals surface area (Å²) in [5.74, 6) is 0. The Kier molecular flexibility index (Phi) is 2.58. The van der Waals surface area contributed by atoms with E-state index < -0.39 is 0 Å². The van der Waals surface area contributed by atoms with Crippen LogP contribution >= 0.6 is 15.9 Å². The standard InChI is InChI=1S/C13H18BrN/c1-9-5-10(2)12(11(14)6-9)15-7-13(3,4)8-15/h5-6H,7-8H2,1-4H3. The van der Waals surface area contributed by atoms with Gasteiger partial charge in [-0.3, -0.25) is 0 Å². The first-order valence-electron chi connectivity index (χ1n) is 5.41. The smallest absolute Gasteiger partial charge is 0.0540 e. The van der Waals surface area contributed by atoms with Crippen molar-refractivity contribution in [3.63, 3.8) is 0 Å². The molecule has 0 aliphatic carbocycles. The second-order valence-corrected chi connectivity index (χ2v) is 6.29. The Hall–Kier alpha value is -0.500. The van der Waals surface area contributed by atoms with Gasteiger partial charge in [-0.25, -0.2) is 0 Å². The fourth-order valence-corrected chi connectivity index (χ4v) is 3.38. The Bertz CT molecular complexity index is 365. The SMILES string of the molecule is Cc1cc(C)c(N2CC(C)(C)C2)c(Br)c1. The molecule has 0 spiro atoms. The number of rotatable bonds is 1. The first-order chi connectivity index (χ1) is 6.89. The first kappa shape index (κ1) is 11.0. The molecular weight excluding hydrogens is 250 g/mol. The van der Waals surface area contributed by atoms with Crippen LogP contribution in [0.4, 0.5) is 5.69 Å². The van der Waals surface area contributed by atoms with Gasteiger partial charge in [0, 0.05) is 17.6 Å². The summed E-state index contributed by atoms with van der Waals surface area (Å²) in [6.07, 6.45) is 0. The van der Waals surface area contributed by atoms with Gasteiger partial charge in [0.1, 0.15) is 0 Å². The number of benzene rings is 1. The van der Waals surface area contributed by atoms with Crippen LogP contribution in [0.15, 0.2) is 16.6 Å². The van der Waals surface area contributed by atoms with Crippen molar-refractivity contribution in [3.05, 3.63) is 27.7 Å². The molecular formula is C13H18BrN. The van der Waals surface area contributed by atoms with E-state index in [4.69, 9.17) is 0 Å². The molecule has 15 heavy (non-hydrogen) atoms. The molecule has 0 bridgehead atoms. The summed E-state index contributed by atoms with van der Waals surface area (Å²) in [6, 6.07) is 4.46. The van der Waals surface area contributed by atoms with Gasteiger partial charge in [-0.2, -0.15) is 0 Å². The second-order valence-electron chi connectivity index (χ2n) is 5.43.